The minimum atomic E-state index is -0.969. The molecule has 0 saturated carbocycles. The van der Waals surface area contributed by atoms with Crippen molar-refractivity contribution in [2.75, 3.05) is 6.54 Å². The monoisotopic (exact) mass is 298 g/mol. The normalized spacial score (nSPS) is 12.4. The third-order valence-electron chi connectivity index (χ3n) is 4.22. The standard InChI is InChI=1S/C13H22N4O4/c1-9-14-8-10(17(20)21)16(9)7-6-15-13(4,5)12(2,3)11(18)19/h8,15H,6-7H2,1-5H3,(H,18,19). The van der Waals surface area contributed by atoms with Gasteiger partial charge in [0, 0.05) is 19.0 Å². The van der Waals surface area contributed by atoms with E-state index in [1.165, 1.54) is 10.8 Å². The van der Waals surface area contributed by atoms with Crippen LogP contribution in [0.4, 0.5) is 5.82 Å². The van der Waals surface area contributed by atoms with Crippen molar-refractivity contribution in [3.05, 3.63) is 22.1 Å². The summed E-state index contributed by atoms with van der Waals surface area (Å²) < 4.78 is 1.50. The summed E-state index contributed by atoms with van der Waals surface area (Å²) in [4.78, 5) is 25.7. The van der Waals surface area contributed by atoms with Crippen molar-refractivity contribution >= 4 is 11.8 Å². The molecule has 118 valence electrons. The highest BCUT2D eigenvalue weighted by atomic mass is 16.6. The summed E-state index contributed by atoms with van der Waals surface area (Å²) in [5, 5.41) is 23.3. The molecular weight excluding hydrogens is 276 g/mol. The van der Waals surface area contributed by atoms with Crippen molar-refractivity contribution in [1.82, 2.24) is 14.9 Å². The Balaban J connectivity index is 2.76. The molecule has 8 heteroatoms. The molecule has 0 spiro atoms. The first-order valence-electron chi connectivity index (χ1n) is 6.65. The second-order valence-corrected chi connectivity index (χ2v) is 6.05. The van der Waals surface area contributed by atoms with Gasteiger partial charge in [0.25, 0.3) is 0 Å². The maximum atomic E-state index is 11.3. The van der Waals surface area contributed by atoms with E-state index in [2.05, 4.69) is 10.3 Å². The summed E-state index contributed by atoms with van der Waals surface area (Å²) >= 11 is 0. The van der Waals surface area contributed by atoms with E-state index in [1.54, 1.807) is 34.6 Å². The van der Waals surface area contributed by atoms with E-state index < -0.39 is 21.8 Å². The van der Waals surface area contributed by atoms with Gasteiger partial charge in [0.2, 0.25) is 0 Å². The number of rotatable bonds is 7. The Labute approximate surface area is 123 Å². The van der Waals surface area contributed by atoms with Gasteiger partial charge in [-0.2, -0.15) is 0 Å². The van der Waals surface area contributed by atoms with Crippen molar-refractivity contribution < 1.29 is 14.8 Å². The second-order valence-electron chi connectivity index (χ2n) is 6.05. The fourth-order valence-electron chi connectivity index (χ4n) is 1.85. The molecule has 8 nitrogen and oxygen atoms in total. The molecule has 1 heterocycles. The molecule has 0 aromatic carbocycles. The molecular formula is C13H22N4O4. The van der Waals surface area contributed by atoms with Crippen LogP contribution in [0.1, 0.15) is 33.5 Å². The minimum Gasteiger partial charge on any atom is -0.481 e. The molecule has 2 N–H and O–H groups in total. The molecule has 0 atom stereocenters. The van der Waals surface area contributed by atoms with Crippen LogP contribution in [0, 0.1) is 22.5 Å². The Kier molecular flexibility index (Phi) is 4.72. The van der Waals surface area contributed by atoms with Crippen LogP contribution in [-0.2, 0) is 11.3 Å². The Morgan fingerprint density at radius 3 is 2.52 bits per heavy atom. The Morgan fingerprint density at radius 2 is 2.05 bits per heavy atom. The average Bonchev–Trinajstić information content (AvgIpc) is 2.70. The summed E-state index contributed by atoms with van der Waals surface area (Å²) in [6, 6.07) is 0. The summed E-state index contributed by atoms with van der Waals surface area (Å²) in [6.07, 6.45) is 1.22. The molecule has 0 unspecified atom stereocenters. The highest BCUT2D eigenvalue weighted by Crippen LogP contribution is 2.30. The Morgan fingerprint density at radius 1 is 1.48 bits per heavy atom. The van der Waals surface area contributed by atoms with Gasteiger partial charge in [-0.25, -0.2) is 9.55 Å². The maximum Gasteiger partial charge on any atom is 0.342 e. The van der Waals surface area contributed by atoms with Crippen LogP contribution in [-0.4, -0.2) is 37.6 Å². The van der Waals surface area contributed by atoms with E-state index in [4.69, 9.17) is 0 Å². The molecule has 0 amide bonds. The summed E-state index contributed by atoms with van der Waals surface area (Å²) in [5.41, 5.74) is -1.63. The zero-order valence-electron chi connectivity index (χ0n) is 13.0. The van der Waals surface area contributed by atoms with Gasteiger partial charge in [-0.1, -0.05) is 0 Å². The van der Waals surface area contributed by atoms with Crippen molar-refractivity contribution in [2.45, 2.75) is 46.7 Å². The van der Waals surface area contributed by atoms with Crippen LogP contribution in [0.5, 0.6) is 0 Å². The zero-order chi connectivity index (χ0) is 16.4. The number of imidazole rings is 1. The molecule has 0 fully saturated rings. The number of aromatic nitrogens is 2. The average molecular weight is 298 g/mol. The van der Waals surface area contributed by atoms with Gasteiger partial charge in [0.1, 0.15) is 12.7 Å². The lowest BCUT2D eigenvalue weighted by atomic mass is 9.74. The Hall–Kier alpha value is -1.96. The lowest BCUT2D eigenvalue weighted by Gasteiger charge is -2.39. The summed E-state index contributed by atoms with van der Waals surface area (Å²) in [6.45, 7) is 9.34. The predicted molar refractivity (Wildman–Crippen MR) is 77.1 cm³/mol. The van der Waals surface area contributed by atoms with Crippen LogP contribution < -0.4 is 5.32 Å². The summed E-state index contributed by atoms with van der Waals surface area (Å²) in [7, 11) is 0. The van der Waals surface area contributed by atoms with Crippen LogP contribution >= 0.6 is 0 Å². The molecule has 0 aliphatic carbocycles. The van der Waals surface area contributed by atoms with E-state index in [0.29, 0.717) is 18.9 Å². The fourth-order valence-corrected chi connectivity index (χ4v) is 1.85. The smallest absolute Gasteiger partial charge is 0.342 e. The van der Waals surface area contributed by atoms with E-state index in [0.717, 1.165) is 0 Å². The molecule has 1 rings (SSSR count). The lowest BCUT2D eigenvalue weighted by molar-refractivity contribution is -0.392. The third kappa shape index (κ3) is 3.38. The highest BCUT2D eigenvalue weighted by molar-refractivity contribution is 5.75. The molecule has 0 bridgehead atoms. The number of aliphatic carboxylic acids is 1. The van der Waals surface area contributed by atoms with Crippen LogP contribution in [0.2, 0.25) is 0 Å². The zero-order valence-corrected chi connectivity index (χ0v) is 13.0. The third-order valence-corrected chi connectivity index (χ3v) is 4.22. The number of hydrogen-bond donors (Lipinski definition) is 2. The molecule has 0 aliphatic heterocycles. The number of nitrogens with one attached hydrogen (secondary N) is 1. The van der Waals surface area contributed by atoms with E-state index >= 15 is 0 Å². The number of carboxylic acids is 1. The highest BCUT2D eigenvalue weighted by Gasteiger charge is 2.43. The lowest BCUT2D eigenvalue weighted by Crippen LogP contribution is -2.55. The van der Waals surface area contributed by atoms with Crippen LogP contribution in [0.3, 0.4) is 0 Å². The van der Waals surface area contributed by atoms with Gasteiger partial charge in [-0.15, -0.1) is 0 Å². The van der Waals surface area contributed by atoms with Crippen molar-refractivity contribution in [2.24, 2.45) is 5.41 Å². The van der Waals surface area contributed by atoms with Crippen molar-refractivity contribution in [3.8, 4) is 0 Å². The molecule has 1 aromatic rings. The first-order chi connectivity index (χ1) is 9.50. The number of carbonyl (C=O) groups is 1. The van der Waals surface area contributed by atoms with Gasteiger partial charge in [0.15, 0.2) is 5.82 Å². The number of nitro groups is 1. The SMILES string of the molecule is Cc1ncc([N+](=O)[O-])n1CCNC(C)(C)C(C)(C)C(=O)O. The predicted octanol–water partition coefficient (Wildman–Crippen LogP) is 1.58. The van der Waals surface area contributed by atoms with Gasteiger partial charge >= 0.3 is 11.8 Å². The number of nitrogens with zero attached hydrogens (tertiary/aromatic N) is 3. The molecule has 0 radical (unpaired) electrons. The van der Waals surface area contributed by atoms with E-state index in [9.17, 15) is 20.0 Å². The Bertz CT molecular complexity index is 548. The minimum absolute atomic E-state index is 0.0652. The molecule has 1 aromatic heterocycles. The molecule has 21 heavy (non-hydrogen) atoms. The van der Waals surface area contributed by atoms with Crippen molar-refractivity contribution in [1.29, 1.82) is 0 Å². The number of aryl methyl sites for hydroxylation is 1. The van der Waals surface area contributed by atoms with Gasteiger partial charge in [-0.05, 0) is 32.6 Å². The topological polar surface area (TPSA) is 110 Å². The van der Waals surface area contributed by atoms with E-state index in [-0.39, 0.29) is 5.82 Å². The largest absolute Gasteiger partial charge is 0.481 e. The first-order valence-corrected chi connectivity index (χ1v) is 6.65. The van der Waals surface area contributed by atoms with Gasteiger partial charge < -0.3 is 20.5 Å². The van der Waals surface area contributed by atoms with E-state index in [1.807, 2.05) is 0 Å². The number of hydrogen-bond acceptors (Lipinski definition) is 5. The first kappa shape index (κ1) is 17.1. The van der Waals surface area contributed by atoms with Gasteiger partial charge in [0.05, 0.1) is 5.41 Å². The molecule has 0 aliphatic rings. The second kappa shape index (κ2) is 5.80. The van der Waals surface area contributed by atoms with Crippen molar-refractivity contribution in [3.63, 3.8) is 0 Å². The van der Waals surface area contributed by atoms with Crippen LogP contribution in [0.15, 0.2) is 6.20 Å². The summed E-state index contributed by atoms with van der Waals surface area (Å²) in [5.74, 6) is -0.409. The quantitative estimate of drug-likeness (QED) is 0.584. The number of carboxylic acid groups (broad SMARTS) is 1. The maximum absolute atomic E-state index is 11.3. The molecule has 0 saturated heterocycles. The van der Waals surface area contributed by atoms with Gasteiger partial charge in [-0.3, -0.25) is 4.79 Å². The fraction of sp³-hybridized carbons (Fsp3) is 0.692. The van der Waals surface area contributed by atoms with Crippen LogP contribution in [0.25, 0.3) is 0 Å².